The van der Waals surface area contributed by atoms with Crippen molar-refractivity contribution in [3.8, 4) is 11.6 Å². The van der Waals surface area contributed by atoms with Crippen molar-refractivity contribution in [2.75, 3.05) is 0 Å². The van der Waals surface area contributed by atoms with E-state index < -0.39 is 0 Å². The van der Waals surface area contributed by atoms with Gasteiger partial charge in [-0.2, -0.15) is 0 Å². The van der Waals surface area contributed by atoms with Crippen molar-refractivity contribution in [1.82, 2.24) is 4.98 Å². The molecule has 0 unspecified atom stereocenters. The smallest absolute Gasteiger partial charge is 0.219 e. The van der Waals surface area contributed by atoms with Crippen LogP contribution in [0.3, 0.4) is 0 Å². The third-order valence-corrected chi connectivity index (χ3v) is 2.93. The van der Waals surface area contributed by atoms with Gasteiger partial charge in [-0.15, -0.1) is 0 Å². The number of pyridine rings is 1. The number of ether oxygens (including phenoxy) is 1. The predicted octanol–water partition coefficient (Wildman–Crippen LogP) is 4.54. The van der Waals surface area contributed by atoms with Gasteiger partial charge in [0.25, 0.3) is 0 Å². The van der Waals surface area contributed by atoms with Gasteiger partial charge in [0.1, 0.15) is 11.6 Å². The molecule has 1 aromatic heterocycles. The lowest BCUT2D eigenvalue weighted by molar-refractivity contribution is 0.455. The van der Waals surface area contributed by atoms with Gasteiger partial charge < -0.3 is 4.74 Å². The summed E-state index contributed by atoms with van der Waals surface area (Å²) in [5.74, 6) is 0.458. The van der Waals surface area contributed by atoms with Crippen molar-refractivity contribution in [2.24, 2.45) is 0 Å². The summed E-state index contributed by atoms with van der Waals surface area (Å²) in [7, 11) is 0. The van der Waals surface area contributed by atoms with Crippen LogP contribution in [0.25, 0.3) is 0 Å². The number of rotatable bonds is 2. The van der Waals surface area contributed by atoms with Crippen molar-refractivity contribution in [3.05, 3.63) is 51.3 Å². The van der Waals surface area contributed by atoms with Crippen LogP contribution in [0.5, 0.6) is 11.6 Å². The van der Waals surface area contributed by atoms with E-state index in [1.165, 1.54) is 12.1 Å². The molecule has 0 spiro atoms. The third kappa shape index (κ3) is 2.80. The molecule has 82 valence electrons. The summed E-state index contributed by atoms with van der Waals surface area (Å²) in [5.41, 5.74) is 0. The molecule has 0 saturated heterocycles. The summed E-state index contributed by atoms with van der Waals surface area (Å²) in [5, 5.41) is 0. The van der Waals surface area contributed by atoms with E-state index in [1.54, 1.807) is 24.4 Å². The lowest BCUT2D eigenvalue weighted by Gasteiger charge is -2.06. The Labute approximate surface area is 109 Å². The van der Waals surface area contributed by atoms with E-state index in [2.05, 4.69) is 36.8 Å². The Morgan fingerprint density at radius 1 is 1.12 bits per heavy atom. The van der Waals surface area contributed by atoms with Crippen LogP contribution >= 0.6 is 31.9 Å². The number of aromatic nitrogens is 1. The zero-order valence-electron chi connectivity index (χ0n) is 7.95. The van der Waals surface area contributed by atoms with E-state index in [0.717, 1.165) is 4.47 Å². The van der Waals surface area contributed by atoms with Gasteiger partial charge >= 0.3 is 0 Å². The summed E-state index contributed by atoms with van der Waals surface area (Å²) in [4.78, 5) is 4.03. The quantitative estimate of drug-likeness (QED) is 0.796. The molecule has 2 nitrogen and oxygen atoms in total. The first-order valence-corrected chi connectivity index (χ1v) is 5.98. The highest BCUT2D eigenvalue weighted by Gasteiger charge is 2.05. The summed E-state index contributed by atoms with van der Waals surface area (Å²) < 4.78 is 20.0. The molecule has 0 aliphatic rings. The summed E-state index contributed by atoms with van der Waals surface area (Å²) in [6.45, 7) is 0. The normalized spacial score (nSPS) is 10.2. The first-order valence-electron chi connectivity index (χ1n) is 4.39. The van der Waals surface area contributed by atoms with Gasteiger partial charge in [-0.25, -0.2) is 9.37 Å². The van der Waals surface area contributed by atoms with Gasteiger partial charge in [0.05, 0.1) is 4.47 Å². The SMILES string of the molecule is Fc1ccc(Br)c(Oc2ccc(Br)cn2)c1. The van der Waals surface area contributed by atoms with Crippen molar-refractivity contribution in [3.63, 3.8) is 0 Å². The van der Waals surface area contributed by atoms with Crippen LogP contribution in [0.4, 0.5) is 4.39 Å². The van der Waals surface area contributed by atoms with Gasteiger partial charge in [-0.3, -0.25) is 0 Å². The van der Waals surface area contributed by atoms with Gasteiger partial charge in [0, 0.05) is 22.8 Å². The summed E-state index contributed by atoms with van der Waals surface area (Å²) in [6.07, 6.45) is 1.61. The number of hydrogen-bond donors (Lipinski definition) is 0. The molecule has 0 radical (unpaired) electrons. The number of halogens is 3. The van der Waals surface area contributed by atoms with E-state index in [9.17, 15) is 4.39 Å². The lowest BCUT2D eigenvalue weighted by atomic mass is 10.3. The fraction of sp³-hybridized carbons (Fsp3) is 0. The fourth-order valence-corrected chi connectivity index (χ4v) is 1.65. The summed E-state index contributed by atoms with van der Waals surface area (Å²) in [6, 6.07) is 7.74. The monoisotopic (exact) mass is 345 g/mol. The Bertz CT molecular complexity index is 502. The van der Waals surface area contributed by atoms with E-state index in [-0.39, 0.29) is 5.82 Å². The minimum atomic E-state index is -0.352. The van der Waals surface area contributed by atoms with Crippen LogP contribution in [0.15, 0.2) is 45.5 Å². The molecule has 1 heterocycles. The molecular formula is C11H6Br2FNO. The lowest BCUT2D eigenvalue weighted by Crippen LogP contribution is -1.89. The van der Waals surface area contributed by atoms with E-state index in [0.29, 0.717) is 16.1 Å². The summed E-state index contributed by atoms with van der Waals surface area (Å²) >= 11 is 6.54. The maximum Gasteiger partial charge on any atom is 0.219 e. The minimum Gasteiger partial charge on any atom is -0.438 e. The zero-order chi connectivity index (χ0) is 11.5. The molecule has 2 rings (SSSR count). The third-order valence-electron chi connectivity index (χ3n) is 1.81. The first kappa shape index (κ1) is 11.5. The molecular weight excluding hydrogens is 341 g/mol. The molecule has 0 N–H and O–H groups in total. The average molecular weight is 347 g/mol. The minimum absolute atomic E-state index is 0.352. The average Bonchev–Trinajstić information content (AvgIpc) is 2.27. The Balaban J connectivity index is 2.26. The molecule has 0 aliphatic carbocycles. The Hall–Kier alpha value is -0.940. The van der Waals surface area contributed by atoms with Crippen molar-refractivity contribution in [2.45, 2.75) is 0 Å². The Kier molecular flexibility index (Phi) is 3.56. The van der Waals surface area contributed by atoms with E-state index in [1.807, 2.05) is 0 Å². The highest BCUT2D eigenvalue weighted by Crippen LogP contribution is 2.29. The standard InChI is InChI=1S/C11H6Br2FNO/c12-7-1-4-11(15-6-7)16-10-5-8(14)2-3-9(10)13/h1-6H. The molecule has 0 aliphatic heterocycles. The van der Waals surface area contributed by atoms with Crippen molar-refractivity contribution < 1.29 is 9.13 Å². The maximum atomic E-state index is 13.0. The molecule has 2 aromatic rings. The van der Waals surface area contributed by atoms with Crippen LogP contribution in [-0.4, -0.2) is 4.98 Å². The topological polar surface area (TPSA) is 22.1 Å². The fourth-order valence-electron chi connectivity index (χ4n) is 1.09. The maximum absolute atomic E-state index is 13.0. The highest BCUT2D eigenvalue weighted by atomic mass is 79.9. The second-order valence-corrected chi connectivity index (χ2v) is 4.76. The second kappa shape index (κ2) is 4.93. The highest BCUT2D eigenvalue weighted by molar-refractivity contribution is 9.10. The van der Waals surface area contributed by atoms with Gasteiger partial charge in [0.2, 0.25) is 5.88 Å². The number of hydrogen-bond acceptors (Lipinski definition) is 2. The molecule has 5 heteroatoms. The van der Waals surface area contributed by atoms with Crippen LogP contribution in [0, 0.1) is 5.82 Å². The van der Waals surface area contributed by atoms with Crippen LogP contribution in [-0.2, 0) is 0 Å². The number of nitrogens with zero attached hydrogens (tertiary/aromatic N) is 1. The Morgan fingerprint density at radius 2 is 1.94 bits per heavy atom. The van der Waals surface area contributed by atoms with E-state index in [4.69, 9.17) is 4.74 Å². The molecule has 0 saturated carbocycles. The first-order chi connectivity index (χ1) is 7.65. The van der Waals surface area contributed by atoms with E-state index >= 15 is 0 Å². The molecule has 0 bridgehead atoms. The van der Waals surface area contributed by atoms with Gasteiger partial charge in [-0.05, 0) is 50.1 Å². The molecule has 1 aromatic carbocycles. The van der Waals surface area contributed by atoms with Crippen LogP contribution in [0.1, 0.15) is 0 Å². The molecule has 0 fully saturated rings. The van der Waals surface area contributed by atoms with Gasteiger partial charge in [0.15, 0.2) is 0 Å². The van der Waals surface area contributed by atoms with Crippen LogP contribution < -0.4 is 4.74 Å². The van der Waals surface area contributed by atoms with Crippen molar-refractivity contribution >= 4 is 31.9 Å². The predicted molar refractivity (Wildman–Crippen MR) is 66.1 cm³/mol. The molecule has 16 heavy (non-hydrogen) atoms. The molecule has 0 atom stereocenters. The van der Waals surface area contributed by atoms with Crippen molar-refractivity contribution in [1.29, 1.82) is 0 Å². The largest absolute Gasteiger partial charge is 0.438 e. The Morgan fingerprint density at radius 3 is 2.62 bits per heavy atom. The van der Waals surface area contributed by atoms with Gasteiger partial charge in [-0.1, -0.05) is 0 Å². The number of benzene rings is 1. The zero-order valence-corrected chi connectivity index (χ0v) is 11.1. The molecule has 0 amide bonds. The second-order valence-electron chi connectivity index (χ2n) is 2.99. The van der Waals surface area contributed by atoms with Crippen LogP contribution in [0.2, 0.25) is 0 Å².